The number of fused-ring (bicyclic) bond motifs is 1. The lowest BCUT2D eigenvalue weighted by atomic mass is 10.1. The molecule has 0 fully saturated rings. The first-order chi connectivity index (χ1) is 6.77. The van der Waals surface area contributed by atoms with Crippen LogP contribution in [0.4, 0.5) is 0 Å². The zero-order valence-electron chi connectivity index (χ0n) is 7.12. The maximum absolute atomic E-state index is 9.12. The van der Waals surface area contributed by atoms with Gasteiger partial charge in [-0.05, 0) is 39.0 Å². The van der Waals surface area contributed by atoms with E-state index in [0.29, 0.717) is 5.56 Å². The summed E-state index contributed by atoms with van der Waals surface area (Å²) in [6, 6.07) is 5.75. The third kappa shape index (κ3) is 1.34. The molecular weight excluding hydrogens is 262 g/mol. The highest BCUT2D eigenvalue weighted by atomic mass is 79.9. The number of thiophene rings is 1. The van der Waals surface area contributed by atoms with Crippen molar-refractivity contribution in [2.75, 3.05) is 0 Å². The Balaban J connectivity index is 2.90. The molecule has 2 rings (SSSR count). The maximum atomic E-state index is 9.12. The Morgan fingerprint density at radius 3 is 2.93 bits per heavy atom. The molecule has 0 aliphatic rings. The lowest BCUT2D eigenvalue weighted by Gasteiger charge is -1.98. The van der Waals surface area contributed by atoms with Crippen LogP contribution in [0.2, 0.25) is 0 Å². The van der Waals surface area contributed by atoms with Crippen molar-refractivity contribution in [2.45, 2.75) is 6.61 Å². The standard InChI is InChI=1S/C10H6BrNOS/c11-8-2-1-6(3-12)9-7(4-13)5-14-10(8)9/h1-2,5,13H,4H2. The Bertz CT molecular complexity index is 527. The molecule has 0 aliphatic heterocycles. The fourth-order valence-corrected chi connectivity index (χ4v) is 2.99. The summed E-state index contributed by atoms with van der Waals surface area (Å²) >= 11 is 4.96. The molecule has 0 saturated carbocycles. The Morgan fingerprint density at radius 2 is 2.29 bits per heavy atom. The zero-order valence-corrected chi connectivity index (χ0v) is 9.52. The second kappa shape index (κ2) is 3.70. The number of hydrogen-bond donors (Lipinski definition) is 1. The summed E-state index contributed by atoms with van der Waals surface area (Å²) in [6.45, 7) is -0.0227. The summed E-state index contributed by atoms with van der Waals surface area (Å²) in [5.41, 5.74) is 1.44. The van der Waals surface area contributed by atoms with Crippen molar-refractivity contribution in [2.24, 2.45) is 0 Å². The number of benzene rings is 1. The van der Waals surface area contributed by atoms with E-state index in [1.54, 1.807) is 6.07 Å². The Kier molecular flexibility index (Phi) is 2.55. The first-order valence-electron chi connectivity index (χ1n) is 3.97. The highest BCUT2D eigenvalue weighted by Crippen LogP contribution is 2.34. The second-order valence-electron chi connectivity index (χ2n) is 2.83. The van der Waals surface area contributed by atoms with Gasteiger partial charge in [0.2, 0.25) is 0 Å². The van der Waals surface area contributed by atoms with Crippen molar-refractivity contribution in [1.29, 1.82) is 5.26 Å². The molecule has 0 amide bonds. The van der Waals surface area contributed by atoms with E-state index in [2.05, 4.69) is 22.0 Å². The van der Waals surface area contributed by atoms with Crippen LogP contribution in [0, 0.1) is 11.3 Å². The quantitative estimate of drug-likeness (QED) is 0.863. The molecule has 0 atom stereocenters. The molecule has 1 N–H and O–H groups in total. The third-order valence-corrected chi connectivity index (χ3v) is 4.03. The summed E-state index contributed by atoms with van der Waals surface area (Å²) in [5.74, 6) is 0. The van der Waals surface area contributed by atoms with E-state index in [1.807, 2.05) is 11.4 Å². The van der Waals surface area contributed by atoms with Crippen molar-refractivity contribution in [1.82, 2.24) is 0 Å². The average molecular weight is 268 g/mol. The highest BCUT2D eigenvalue weighted by molar-refractivity contribution is 9.10. The molecule has 4 heteroatoms. The first kappa shape index (κ1) is 9.66. The molecule has 14 heavy (non-hydrogen) atoms. The number of rotatable bonds is 1. The molecule has 0 aliphatic carbocycles. The van der Waals surface area contributed by atoms with Gasteiger partial charge in [-0.2, -0.15) is 5.26 Å². The maximum Gasteiger partial charge on any atom is 0.0998 e. The third-order valence-electron chi connectivity index (χ3n) is 2.04. The van der Waals surface area contributed by atoms with Crippen LogP contribution in [0.1, 0.15) is 11.1 Å². The van der Waals surface area contributed by atoms with Crippen LogP contribution in [0.15, 0.2) is 22.0 Å². The number of halogens is 1. The van der Waals surface area contributed by atoms with Crippen LogP contribution in [-0.4, -0.2) is 5.11 Å². The Labute approximate surface area is 93.5 Å². The van der Waals surface area contributed by atoms with Gasteiger partial charge in [-0.1, -0.05) is 0 Å². The van der Waals surface area contributed by atoms with Gasteiger partial charge in [-0.25, -0.2) is 0 Å². The van der Waals surface area contributed by atoms with E-state index in [0.717, 1.165) is 20.1 Å². The molecule has 1 heterocycles. The lowest BCUT2D eigenvalue weighted by Crippen LogP contribution is -1.83. The largest absolute Gasteiger partial charge is 0.392 e. The molecule has 0 saturated heterocycles. The van der Waals surface area contributed by atoms with Crippen LogP contribution in [-0.2, 0) is 6.61 Å². The normalized spacial score (nSPS) is 10.4. The zero-order chi connectivity index (χ0) is 10.1. The van der Waals surface area contributed by atoms with Gasteiger partial charge in [-0.3, -0.25) is 0 Å². The van der Waals surface area contributed by atoms with E-state index in [-0.39, 0.29) is 6.61 Å². The Morgan fingerprint density at radius 1 is 1.50 bits per heavy atom. The number of nitriles is 1. The molecule has 2 aromatic rings. The minimum Gasteiger partial charge on any atom is -0.392 e. The summed E-state index contributed by atoms with van der Waals surface area (Å²) < 4.78 is 1.99. The van der Waals surface area contributed by atoms with E-state index in [4.69, 9.17) is 10.4 Å². The molecule has 1 aromatic carbocycles. The Hall–Kier alpha value is -0.890. The number of nitrogens with zero attached hydrogens (tertiary/aromatic N) is 1. The van der Waals surface area contributed by atoms with Crippen LogP contribution >= 0.6 is 27.3 Å². The molecule has 1 aromatic heterocycles. The SMILES string of the molecule is N#Cc1ccc(Br)c2scc(CO)c12. The minimum absolute atomic E-state index is 0.0227. The van der Waals surface area contributed by atoms with E-state index < -0.39 is 0 Å². The highest BCUT2D eigenvalue weighted by Gasteiger charge is 2.10. The van der Waals surface area contributed by atoms with Gasteiger partial charge in [0.1, 0.15) is 0 Å². The molecule has 0 unspecified atom stereocenters. The van der Waals surface area contributed by atoms with Crippen molar-refractivity contribution in [3.05, 3.63) is 33.1 Å². The lowest BCUT2D eigenvalue weighted by molar-refractivity contribution is 0.284. The topological polar surface area (TPSA) is 44.0 Å². The van der Waals surface area contributed by atoms with Gasteiger partial charge in [0.05, 0.1) is 22.9 Å². The van der Waals surface area contributed by atoms with Gasteiger partial charge >= 0.3 is 0 Å². The summed E-state index contributed by atoms with van der Waals surface area (Å²) in [6.07, 6.45) is 0. The fourth-order valence-electron chi connectivity index (χ4n) is 1.39. The second-order valence-corrected chi connectivity index (χ2v) is 4.56. The molecule has 70 valence electrons. The molecule has 0 spiro atoms. The number of aliphatic hydroxyl groups excluding tert-OH is 1. The van der Waals surface area contributed by atoms with Crippen LogP contribution in [0.25, 0.3) is 10.1 Å². The van der Waals surface area contributed by atoms with Crippen molar-refractivity contribution in [3.8, 4) is 6.07 Å². The predicted octanol–water partition coefficient (Wildman–Crippen LogP) is 3.03. The molecular formula is C10H6BrNOS. The molecule has 2 nitrogen and oxygen atoms in total. The van der Waals surface area contributed by atoms with E-state index in [9.17, 15) is 0 Å². The van der Waals surface area contributed by atoms with Gasteiger partial charge in [-0.15, -0.1) is 11.3 Å². The van der Waals surface area contributed by atoms with Crippen molar-refractivity contribution >= 4 is 37.4 Å². The smallest absolute Gasteiger partial charge is 0.0998 e. The van der Waals surface area contributed by atoms with E-state index in [1.165, 1.54) is 11.3 Å². The van der Waals surface area contributed by atoms with Crippen LogP contribution in [0.3, 0.4) is 0 Å². The van der Waals surface area contributed by atoms with Gasteiger partial charge < -0.3 is 5.11 Å². The van der Waals surface area contributed by atoms with Crippen LogP contribution in [0.5, 0.6) is 0 Å². The summed E-state index contributed by atoms with van der Waals surface area (Å²) in [5, 5.41) is 20.8. The van der Waals surface area contributed by atoms with E-state index >= 15 is 0 Å². The van der Waals surface area contributed by atoms with Gasteiger partial charge in [0, 0.05) is 9.86 Å². The molecule has 0 radical (unpaired) electrons. The minimum atomic E-state index is -0.0227. The van der Waals surface area contributed by atoms with Crippen molar-refractivity contribution in [3.63, 3.8) is 0 Å². The summed E-state index contributed by atoms with van der Waals surface area (Å²) in [7, 11) is 0. The average Bonchev–Trinajstić information content (AvgIpc) is 2.63. The monoisotopic (exact) mass is 267 g/mol. The van der Waals surface area contributed by atoms with Crippen LogP contribution < -0.4 is 0 Å². The predicted molar refractivity (Wildman–Crippen MR) is 60.2 cm³/mol. The first-order valence-corrected chi connectivity index (χ1v) is 5.64. The molecule has 0 bridgehead atoms. The number of hydrogen-bond acceptors (Lipinski definition) is 3. The van der Waals surface area contributed by atoms with Gasteiger partial charge in [0.25, 0.3) is 0 Å². The summed E-state index contributed by atoms with van der Waals surface area (Å²) in [4.78, 5) is 0. The van der Waals surface area contributed by atoms with Crippen molar-refractivity contribution < 1.29 is 5.11 Å². The van der Waals surface area contributed by atoms with Gasteiger partial charge in [0.15, 0.2) is 0 Å². The number of aliphatic hydroxyl groups is 1. The fraction of sp³-hybridized carbons (Fsp3) is 0.100.